The summed E-state index contributed by atoms with van der Waals surface area (Å²) in [5, 5.41) is -0.176. The molecule has 0 bridgehead atoms. The zero-order valence-corrected chi connectivity index (χ0v) is 18.7. The van der Waals surface area contributed by atoms with Crippen LogP contribution in [0, 0.1) is 5.82 Å². The Kier molecular flexibility index (Phi) is 5.26. The van der Waals surface area contributed by atoms with E-state index in [1.54, 1.807) is 6.07 Å². The summed E-state index contributed by atoms with van der Waals surface area (Å²) in [6.45, 7) is 4.17. The maximum Gasteiger partial charge on any atom is 0.324 e. The van der Waals surface area contributed by atoms with Gasteiger partial charge in [-0.2, -0.15) is 0 Å². The van der Waals surface area contributed by atoms with Crippen molar-refractivity contribution in [1.82, 2.24) is 9.88 Å². The lowest BCUT2D eigenvalue weighted by Crippen LogP contribution is -2.75. The van der Waals surface area contributed by atoms with Crippen LogP contribution in [0.4, 0.5) is 4.39 Å². The number of rotatable bonds is 4. The van der Waals surface area contributed by atoms with E-state index < -0.39 is 23.5 Å². The molecule has 164 valence electrons. The number of hydrogen-bond acceptors (Lipinski definition) is 4. The van der Waals surface area contributed by atoms with Gasteiger partial charge in [0.15, 0.2) is 11.0 Å². The molecule has 3 aromatic rings. The Morgan fingerprint density at radius 1 is 1.03 bits per heavy atom. The van der Waals surface area contributed by atoms with Crippen LogP contribution in [0.25, 0.3) is 0 Å². The van der Waals surface area contributed by atoms with Gasteiger partial charge in [0.1, 0.15) is 12.1 Å². The number of benzene rings is 2. The van der Waals surface area contributed by atoms with Crippen LogP contribution in [0.1, 0.15) is 55.0 Å². The van der Waals surface area contributed by atoms with Crippen LogP contribution in [0.15, 0.2) is 72.9 Å². The molecule has 0 saturated carbocycles. The molecule has 5 atom stereocenters. The molecule has 0 N–H and O–H groups in total. The van der Waals surface area contributed by atoms with E-state index in [0.29, 0.717) is 5.56 Å². The fourth-order valence-electron chi connectivity index (χ4n) is 5.50. The highest BCUT2D eigenvalue weighted by molar-refractivity contribution is 6.29. The highest BCUT2D eigenvalue weighted by atomic mass is 35.5. The lowest BCUT2D eigenvalue weighted by molar-refractivity contribution is -0.224. The summed E-state index contributed by atoms with van der Waals surface area (Å²) in [6.07, 6.45) is 1.76. The van der Waals surface area contributed by atoms with Gasteiger partial charge in [0, 0.05) is 17.7 Å². The van der Waals surface area contributed by atoms with E-state index in [1.165, 1.54) is 6.20 Å². The maximum absolute atomic E-state index is 15.0. The van der Waals surface area contributed by atoms with Crippen molar-refractivity contribution in [3.8, 4) is 0 Å². The summed E-state index contributed by atoms with van der Waals surface area (Å²) in [5.74, 6) is -1.29. The molecule has 0 spiro atoms. The second-order valence-corrected chi connectivity index (χ2v) is 9.03. The molecule has 2 aliphatic heterocycles. The van der Waals surface area contributed by atoms with Crippen molar-refractivity contribution in [2.24, 2.45) is 0 Å². The molecule has 6 heteroatoms. The molecule has 2 unspecified atom stereocenters. The molecule has 2 saturated heterocycles. The smallest absolute Gasteiger partial charge is 0.324 e. The standard InChI is InChI=1S/C26H24ClFN2O2/c1-3-26(2)19(18-14-15-29-24(27)20(18)28)22-25(31)32-23(17-12-8-5-9-13-17)21(30(22)26)16-10-6-4-7-11-16/h4-15,19,21-23H,3H2,1-2H3/t19?,21-,22-,23+,26?/m1/s1. The van der Waals surface area contributed by atoms with Crippen molar-refractivity contribution < 1.29 is 13.9 Å². The molecule has 1 aromatic heterocycles. The van der Waals surface area contributed by atoms with Gasteiger partial charge in [-0.05, 0) is 36.1 Å². The van der Waals surface area contributed by atoms with E-state index in [1.807, 2.05) is 48.5 Å². The minimum absolute atomic E-state index is 0.176. The summed E-state index contributed by atoms with van der Waals surface area (Å²) in [6, 6.07) is 20.7. The number of pyridine rings is 1. The Hall–Kier alpha value is -2.76. The molecule has 2 aromatic carbocycles. The molecular weight excluding hydrogens is 427 g/mol. The van der Waals surface area contributed by atoms with Gasteiger partial charge in [-0.1, -0.05) is 79.2 Å². The van der Waals surface area contributed by atoms with E-state index in [2.05, 4.69) is 35.9 Å². The Labute approximate surface area is 192 Å². The van der Waals surface area contributed by atoms with Gasteiger partial charge >= 0.3 is 5.97 Å². The van der Waals surface area contributed by atoms with Gasteiger partial charge in [-0.15, -0.1) is 0 Å². The summed E-state index contributed by atoms with van der Waals surface area (Å²) in [4.78, 5) is 19.4. The van der Waals surface area contributed by atoms with Crippen molar-refractivity contribution in [3.63, 3.8) is 0 Å². The number of ether oxygens (including phenoxy) is 1. The number of aromatic nitrogens is 1. The first-order chi connectivity index (χ1) is 15.5. The molecule has 0 radical (unpaired) electrons. The van der Waals surface area contributed by atoms with Crippen molar-refractivity contribution in [3.05, 3.63) is 101 Å². The average Bonchev–Trinajstić information content (AvgIpc) is 2.82. The molecule has 0 aliphatic carbocycles. The highest BCUT2D eigenvalue weighted by Crippen LogP contribution is 2.60. The summed E-state index contributed by atoms with van der Waals surface area (Å²) in [5.41, 5.74) is 1.94. The third-order valence-corrected chi connectivity index (χ3v) is 7.41. The Morgan fingerprint density at radius 2 is 1.66 bits per heavy atom. The zero-order chi connectivity index (χ0) is 22.5. The van der Waals surface area contributed by atoms with E-state index in [9.17, 15) is 4.79 Å². The monoisotopic (exact) mass is 450 g/mol. The second kappa shape index (κ2) is 7.98. The van der Waals surface area contributed by atoms with Crippen LogP contribution in [-0.4, -0.2) is 27.4 Å². The first-order valence-electron chi connectivity index (χ1n) is 10.9. The van der Waals surface area contributed by atoms with Crippen molar-refractivity contribution in [2.75, 3.05) is 0 Å². The SMILES string of the molecule is CCC1(C)C(c2ccnc(Cl)c2F)[C@@H]2C(=O)O[C@@H](c3ccccc3)[C@@H](c3ccccc3)N21. The van der Waals surface area contributed by atoms with Gasteiger partial charge in [0.2, 0.25) is 0 Å². The molecule has 2 aliphatic rings. The molecule has 5 rings (SSSR count). The van der Waals surface area contributed by atoms with Crippen LogP contribution in [0.2, 0.25) is 5.15 Å². The molecule has 3 heterocycles. The van der Waals surface area contributed by atoms with E-state index in [0.717, 1.165) is 17.5 Å². The first-order valence-corrected chi connectivity index (χ1v) is 11.2. The zero-order valence-electron chi connectivity index (χ0n) is 17.9. The van der Waals surface area contributed by atoms with Crippen LogP contribution in [0.3, 0.4) is 0 Å². The number of carbonyl (C=O) groups excluding carboxylic acids is 1. The topological polar surface area (TPSA) is 42.4 Å². The fraction of sp³-hybridized carbons (Fsp3) is 0.308. The van der Waals surface area contributed by atoms with E-state index >= 15 is 4.39 Å². The van der Waals surface area contributed by atoms with Gasteiger partial charge in [0.05, 0.1) is 6.04 Å². The Morgan fingerprint density at radius 3 is 2.28 bits per heavy atom. The third-order valence-electron chi connectivity index (χ3n) is 7.14. The van der Waals surface area contributed by atoms with Crippen LogP contribution >= 0.6 is 11.6 Å². The average molecular weight is 451 g/mol. The van der Waals surface area contributed by atoms with Gasteiger partial charge in [-0.3, -0.25) is 9.69 Å². The predicted octanol–water partition coefficient (Wildman–Crippen LogP) is 5.85. The number of esters is 1. The molecule has 32 heavy (non-hydrogen) atoms. The largest absolute Gasteiger partial charge is 0.454 e. The fourth-order valence-corrected chi connectivity index (χ4v) is 5.67. The molecule has 2 fully saturated rings. The number of fused-ring (bicyclic) bond motifs is 1. The van der Waals surface area contributed by atoms with Crippen LogP contribution in [-0.2, 0) is 9.53 Å². The van der Waals surface area contributed by atoms with Crippen molar-refractivity contribution in [1.29, 1.82) is 0 Å². The number of halogens is 2. The van der Waals surface area contributed by atoms with Crippen molar-refractivity contribution >= 4 is 17.6 Å². The molecular formula is C26H24ClFN2O2. The number of cyclic esters (lactones) is 1. The maximum atomic E-state index is 15.0. The Bertz CT molecular complexity index is 1140. The van der Waals surface area contributed by atoms with Gasteiger partial charge < -0.3 is 4.74 Å². The van der Waals surface area contributed by atoms with E-state index in [4.69, 9.17) is 16.3 Å². The summed E-state index contributed by atoms with van der Waals surface area (Å²) < 4.78 is 21.1. The number of nitrogens with zero attached hydrogens (tertiary/aromatic N) is 2. The van der Waals surface area contributed by atoms with Crippen molar-refractivity contribution in [2.45, 2.75) is 49.9 Å². The number of carbonyl (C=O) groups is 1. The van der Waals surface area contributed by atoms with Gasteiger partial charge in [0.25, 0.3) is 0 Å². The summed E-state index contributed by atoms with van der Waals surface area (Å²) in [7, 11) is 0. The highest BCUT2D eigenvalue weighted by Gasteiger charge is 2.66. The van der Waals surface area contributed by atoms with E-state index in [-0.39, 0.29) is 23.1 Å². The Balaban J connectivity index is 1.66. The lowest BCUT2D eigenvalue weighted by Gasteiger charge is -2.67. The van der Waals surface area contributed by atoms with Crippen LogP contribution < -0.4 is 0 Å². The summed E-state index contributed by atoms with van der Waals surface area (Å²) >= 11 is 6.00. The minimum atomic E-state index is -0.599. The minimum Gasteiger partial charge on any atom is -0.454 e. The second-order valence-electron chi connectivity index (χ2n) is 8.67. The normalized spacial score (nSPS) is 29.7. The number of hydrogen-bond donors (Lipinski definition) is 0. The molecule has 0 amide bonds. The van der Waals surface area contributed by atoms with Crippen LogP contribution in [0.5, 0.6) is 0 Å². The quantitative estimate of drug-likeness (QED) is 0.369. The van der Waals surface area contributed by atoms with Gasteiger partial charge in [-0.25, -0.2) is 9.37 Å². The third kappa shape index (κ3) is 3.06. The molecule has 4 nitrogen and oxygen atoms in total. The first kappa shape index (κ1) is 21.1. The lowest BCUT2D eigenvalue weighted by atomic mass is 9.61. The number of morpholine rings is 1. The predicted molar refractivity (Wildman–Crippen MR) is 121 cm³/mol.